The van der Waals surface area contributed by atoms with Crippen LogP contribution in [0.15, 0.2) is 11.5 Å². The fourth-order valence-electron chi connectivity index (χ4n) is 0.646. The van der Waals surface area contributed by atoms with Gasteiger partial charge < -0.3 is 0 Å². The molecule has 0 aliphatic carbocycles. The lowest BCUT2D eigenvalue weighted by Crippen LogP contribution is -2.17. The smallest absolute Gasteiger partial charge is 0.175 e. The molecular weight excluding hydrogens is 204 g/mol. The SMILES string of the molecule is C[C@@H]1[C@@H](Br)C=CS1(=O)=O. The molecule has 52 valence electrons. The molecule has 0 aromatic carbocycles. The summed E-state index contributed by atoms with van der Waals surface area (Å²) in [6, 6.07) is 0. The Morgan fingerprint density at radius 1 is 1.56 bits per heavy atom. The van der Waals surface area contributed by atoms with Gasteiger partial charge >= 0.3 is 0 Å². The summed E-state index contributed by atoms with van der Waals surface area (Å²) in [4.78, 5) is 0.00231. The van der Waals surface area contributed by atoms with Gasteiger partial charge in [-0.2, -0.15) is 0 Å². The molecule has 0 saturated carbocycles. The van der Waals surface area contributed by atoms with Gasteiger partial charge in [0.1, 0.15) is 0 Å². The lowest BCUT2D eigenvalue weighted by molar-refractivity contribution is 0.597. The molecular formula is C5H7BrO2S. The van der Waals surface area contributed by atoms with E-state index in [1.165, 1.54) is 5.41 Å². The molecule has 2 atom stereocenters. The number of halogens is 1. The molecule has 0 bridgehead atoms. The van der Waals surface area contributed by atoms with Crippen LogP contribution in [0.2, 0.25) is 0 Å². The van der Waals surface area contributed by atoms with Gasteiger partial charge in [-0.25, -0.2) is 8.42 Å². The van der Waals surface area contributed by atoms with Gasteiger partial charge in [-0.05, 0) is 6.92 Å². The highest BCUT2D eigenvalue weighted by Crippen LogP contribution is 2.23. The summed E-state index contributed by atoms with van der Waals surface area (Å²) < 4.78 is 21.7. The van der Waals surface area contributed by atoms with E-state index in [9.17, 15) is 8.42 Å². The molecule has 0 radical (unpaired) electrons. The molecule has 2 nitrogen and oxygen atoms in total. The van der Waals surface area contributed by atoms with Gasteiger partial charge in [0, 0.05) is 5.41 Å². The second-order valence-electron chi connectivity index (χ2n) is 2.07. The van der Waals surface area contributed by atoms with Crippen molar-refractivity contribution in [3.8, 4) is 0 Å². The molecule has 0 unspecified atom stereocenters. The second kappa shape index (κ2) is 2.09. The molecule has 0 fully saturated rings. The highest BCUT2D eigenvalue weighted by Gasteiger charge is 2.29. The largest absolute Gasteiger partial charge is 0.224 e. The first-order valence-electron chi connectivity index (χ1n) is 2.60. The third-order valence-electron chi connectivity index (χ3n) is 1.42. The molecule has 9 heavy (non-hydrogen) atoms. The molecule has 0 aromatic heterocycles. The number of alkyl halides is 1. The molecule has 0 N–H and O–H groups in total. The third kappa shape index (κ3) is 1.19. The van der Waals surface area contributed by atoms with E-state index in [0.717, 1.165) is 0 Å². The summed E-state index contributed by atoms with van der Waals surface area (Å²) in [5.74, 6) is 0. The van der Waals surface area contributed by atoms with Crippen LogP contribution in [0.25, 0.3) is 0 Å². The average Bonchev–Trinajstić information content (AvgIpc) is 1.97. The van der Waals surface area contributed by atoms with Gasteiger partial charge in [0.2, 0.25) is 0 Å². The number of hydrogen-bond acceptors (Lipinski definition) is 2. The van der Waals surface area contributed by atoms with Gasteiger partial charge in [-0.1, -0.05) is 22.0 Å². The number of rotatable bonds is 0. The minimum Gasteiger partial charge on any atom is -0.224 e. The van der Waals surface area contributed by atoms with Crippen LogP contribution in [0.3, 0.4) is 0 Å². The fourth-order valence-corrected chi connectivity index (χ4v) is 2.99. The molecule has 1 heterocycles. The summed E-state index contributed by atoms with van der Waals surface area (Å²) in [5.41, 5.74) is 0. The van der Waals surface area contributed by atoms with Gasteiger partial charge in [0.25, 0.3) is 0 Å². The van der Waals surface area contributed by atoms with Crippen LogP contribution >= 0.6 is 15.9 Å². The maximum atomic E-state index is 10.9. The van der Waals surface area contributed by atoms with Crippen molar-refractivity contribution in [2.24, 2.45) is 0 Å². The normalized spacial score (nSPS) is 39.3. The zero-order valence-electron chi connectivity index (χ0n) is 4.91. The molecule has 1 aliphatic heterocycles. The Morgan fingerprint density at radius 3 is 2.22 bits per heavy atom. The van der Waals surface area contributed by atoms with Gasteiger partial charge in [0.05, 0.1) is 10.1 Å². The van der Waals surface area contributed by atoms with Crippen molar-refractivity contribution >= 4 is 25.8 Å². The van der Waals surface area contributed by atoms with E-state index < -0.39 is 9.84 Å². The zero-order chi connectivity index (χ0) is 7.07. The number of hydrogen-bond donors (Lipinski definition) is 0. The van der Waals surface area contributed by atoms with Crippen LogP contribution in [-0.4, -0.2) is 18.5 Å². The molecule has 0 amide bonds. The first kappa shape index (κ1) is 7.28. The third-order valence-corrected chi connectivity index (χ3v) is 4.73. The minimum absolute atomic E-state index is 0.00231. The standard InChI is InChI=1S/C5H7BrO2S/c1-4-5(6)2-3-9(4,7)8/h2-5H,1H3/t4-,5+/m1/s1. The van der Waals surface area contributed by atoms with Crippen LogP contribution in [0.1, 0.15) is 6.92 Å². The summed E-state index contributed by atoms with van der Waals surface area (Å²) in [7, 11) is -2.90. The molecule has 0 aromatic rings. The second-order valence-corrected chi connectivity index (χ2v) is 5.32. The van der Waals surface area contributed by atoms with Gasteiger partial charge in [-0.15, -0.1) is 0 Å². The highest BCUT2D eigenvalue weighted by molar-refractivity contribution is 9.09. The van der Waals surface area contributed by atoms with Gasteiger partial charge in [-0.3, -0.25) is 0 Å². The first-order valence-corrected chi connectivity index (χ1v) is 5.13. The predicted molar refractivity (Wildman–Crippen MR) is 40.2 cm³/mol. The molecule has 1 aliphatic rings. The van der Waals surface area contributed by atoms with Crippen molar-refractivity contribution in [2.75, 3.05) is 0 Å². The zero-order valence-corrected chi connectivity index (χ0v) is 7.31. The Balaban J connectivity index is 3.01. The van der Waals surface area contributed by atoms with Crippen molar-refractivity contribution < 1.29 is 8.42 Å². The monoisotopic (exact) mass is 210 g/mol. The summed E-state index contributed by atoms with van der Waals surface area (Å²) in [5, 5.41) is 0.967. The Bertz CT molecular complexity index is 229. The Labute approximate surface area is 63.0 Å². The van der Waals surface area contributed by atoms with Crippen molar-refractivity contribution in [1.29, 1.82) is 0 Å². The van der Waals surface area contributed by atoms with Crippen LogP contribution in [0.5, 0.6) is 0 Å². The molecule has 4 heteroatoms. The molecule has 0 spiro atoms. The van der Waals surface area contributed by atoms with Gasteiger partial charge in [0.15, 0.2) is 9.84 Å². The first-order chi connectivity index (χ1) is 4.04. The fraction of sp³-hybridized carbons (Fsp3) is 0.600. The van der Waals surface area contributed by atoms with E-state index in [0.29, 0.717) is 0 Å². The van der Waals surface area contributed by atoms with E-state index >= 15 is 0 Å². The van der Waals surface area contributed by atoms with Crippen LogP contribution < -0.4 is 0 Å². The van der Waals surface area contributed by atoms with Crippen molar-refractivity contribution in [1.82, 2.24) is 0 Å². The molecule has 1 rings (SSSR count). The predicted octanol–water partition coefficient (Wildman–Crippen LogP) is 1.08. The van der Waals surface area contributed by atoms with Crippen molar-refractivity contribution in [3.63, 3.8) is 0 Å². The minimum atomic E-state index is -2.90. The van der Waals surface area contributed by atoms with E-state index in [4.69, 9.17) is 0 Å². The van der Waals surface area contributed by atoms with E-state index in [-0.39, 0.29) is 10.1 Å². The average molecular weight is 211 g/mol. The van der Waals surface area contributed by atoms with Crippen LogP contribution in [-0.2, 0) is 9.84 Å². The number of sulfone groups is 1. The Kier molecular flexibility index (Phi) is 1.69. The van der Waals surface area contributed by atoms with E-state index in [2.05, 4.69) is 15.9 Å². The molecule has 0 saturated heterocycles. The summed E-state index contributed by atoms with van der Waals surface area (Å²) >= 11 is 3.21. The van der Waals surface area contributed by atoms with Crippen LogP contribution in [0, 0.1) is 0 Å². The topological polar surface area (TPSA) is 34.1 Å². The lowest BCUT2D eigenvalue weighted by Gasteiger charge is -2.03. The lowest BCUT2D eigenvalue weighted by atomic mass is 10.3. The van der Waals surface area contributed by atoms with E-state index in [1.807, 2.05) is 0 Å². The van der Waals surface area contributed by atoms with Crippen molar-refractivity contribution in [3.05, 3.63) is 11.5 Å². The summed E-state index contributed by atoms with van der Waals surface area (Å²) in [6.45, 7) is 1.69. The maximum absolute atomic E-state index is 10.9. The van der Waals surface area contributed by atoms with Crippen LogP contribution in [0.4, 0.5) is 0 Å². The Morgan fingerprint density at radius 2 is 2.11 bits per heavy atom. The number of allylic oxidation sites excluding steroid dienone is 1. The Hall–Kier alpha value is 0.170. The van der Waals surface area contributed by atoms with E-state index in [1.54, 1.807) is 13.0 Å². The summed E-state index contributed by atoms with van der Waals surface area (Å²) in [6.07, 6.45) is 1.65. The highest BCUT2D eigenvalue weighted by atomic mass is 79.9. The van der Waals surface area contributed by atoms with Crippen molar-refractivity contribution in [2.45, 2.75) is 17.0 Å². The quantitative estimate of drug-likeness (QED) is 0.562. The maximum Gasteiger partial charge on any atom is 0.175 e.